The second-order valence-electron chi connectivity index (χ2n) is 5.73. The van der Waals surface area contributed by atoms with E-state index in [9.17, 15) is 0 Å². The van der Waals surface area contributed by atoms with Crippen molar-refractivity contribution < 1.29 is 4.74 Å². The van der Waals surface area contributed by atoms with Crippen LogP contribution in [0.25, 0.3) is 0 Å². The molecule has 1 fully saturated rings. The Morgan fingerprint density at radius 3 is 2.71 bits per heavy atom. The third kappa shape index (κ3) is 3.04. The van der Waals surface area contributed by atoms with E-state index in [0.717, 1.165) is 25.1 Å². The van der Waals surface area contributed by atoms with Gasteiger partial charge in [0.25, 0.3) is 0 Å². The van der Waals surface area contributed by atoms with Crippen molar-refractivity contribution in [1.29, 1.82) is 0 Å². The van der Waals surface area contributed by atoms with Crippen molar-refractivity contribution in [1.82, 2.24) is 20.3 Å². The van der Waals surface area contributed by atoms with Crippen molar-refractivity contribution in [3.05, 3.63) is 11.9 Å². The van der Waals surface area contributed by atoms with E-state index < -0.39 is 0 Å². The van der Waals surface area contributed by atoms with Gasteiger partial charge in [-0.3, -0.25) is 0 Å². The number of rotatable bonds is 4. The maximum absolute atomic E-state index is 5.25. The minimum atomic E-state index is 0.00284. The van der Waals surface area contributed by atoms with Crippen molar-refractivity contribution in [2.75, 3.05) is 7.11 Å². The fourth-order valence-corrected chi connectivity index (χ4v) is 1.88. The van der Waals surface area contributed by atoms with Crippen molar-refractivity contribution in [2.45, 2.75) is 57.8 Å². The van der Waals surface area contributed by atoms with Gasteiger partial charge in [0.05, 0.1) is 23.5 Å². The predicted molar refractivity (Wildman–Crippen MR) is 65.7 cm³/mol. The molecule has 0 amide bonds. The van der Waals surface area contributed by atoms with E-state index in [0.29, 0.717) is 12.1 Å². The second-order valence-corrected chi connectivity index (χ2v) is 5.73. The van der Waals surface area contributed by atoms with Gasteiger partial charge in [0, 0.05) is 19.7 Å². The zero-order chi connectivity index (χ0) is 12.5. The first-order chi connectivity index (χ1) is 7.99. The molecule has 17 heavy (non-hydrogen) atoms. The summed E-state index contributed by atoms with van der Waals surface area (Å²) in [5.41, 5.74) is 1.00. The molecule has 1 N–H and O–H groups in total. The summed E-state index contributed by atoms with van der Waals surface area (Å²) in [6, 6.07) is 0.569. The molecule has 0 aliphatic heterocycles. The molecule has 5 heteroatoms. The highest BCUT2D eigenvalue weighted by Gasteiger charge is 2.28. The Labute approximate surface area is 103 Å². The number of hydrogen-bond donors (Lipinski definition) is 1. The van der Waals surface area contributed by atoms with Gasteiger partial charge in [0.2, 0.25) is 0 Å². The molecular formula is C12H22N4O. The van der Waals surface area contributed by atoms with E-state index in [4.69, 9.17) is 4.74 Å². The quantitative estimate of drug-likeness (QED) is 0.859. The zero-order valence-corrected chi connectivity index (χ0v) is 11.1. The van der Waals surface area contributed by atoms with Gasteiger partial charge in [-0.15, -0.1) is 5.10 Å². The first-order valence-corrected chi connectivity index (χ1v) is 6.17. The second kappa shape index (κ2) is 4.74. The molecule has 0 bridgehead atoms. The molecule has 1 heterocycles. The van der Waals surface area contributed by atoms with Crippen LogP contribution in [0.15, 0.2) is 6.20 Å². The van der Waals surface area contributed by atoms with Crippen molar-refractivity contribution in [2.24, 2.45) is 0 Å². The van der Waals surface area contributed by atoms with Crippen LogP contribution in [0, 0.1) is 0 Å². The fraction of sp³-hybridized carbons (Fsp3) is 0.833. The lowest BCUT2D eigenvalue weighted by Crippen LogP contribution is -2.44. The summed E-state index contributed by atoms with van der Waals surface area (Å²) in [4.78, 5) is 0. The first kappa shape index (κ1) is 12.5. The molecule has 5 nitrogen and oxygen atoms in total. The van der Waals surface area contributed by atoms with Crippen LogP contribution in [-0.2, 0) is 16.8 Å². The van der Waals surface area contributed by atoms with Gasteiger partial charge in [-0.25, -0.2) is 4.68 Å². The maximum Gasteiger partial charge on any atom is 0.0965 e. The highest BCUT2D eigenvalue weighted by Crippen LogP contribution is 2.22. The van der Waals surface area contributed by atoms with E-state index in [2.05, 4.69) is 36.4 Å². The zero-order valence-electron chi connectivity index (χ0n) is 11.1. The van der Waals surface area contributed by atoms with Gasteiger partial charge < -0.3 is 10.1 Å². The summed E-state index contributed by atoms with van der Waals surface area (Å²) in [7, 11) is 1.77. The normalized spacial score (nSPS) is 24.7. The summed E-state index contributed by atoms with van der Waals surface area (Å²) in [5, 5.41) is 11.8. The molecule has 0 unspecified atom stereocenters. The minimum absolute atomic E-state index is 0.00284. The van der Waals surface area contributed by atoms with Crippen molar-refractivity contribution in [3.63, 3.8) is 0 Å². The van der Waals surface area contributed by atoms with Crippen LogP contribution in [0.2, 0.25) is 0 Å². The Balaban J connectivity index is 1.78. The van der Waals surface area contributed by atoms with E-state index >= 15 is 0 Å². The number of nitrogens with one attached hydrogen (secondary N) is 1. The molecule has 0 radical (unpaired) electrons. The average molecular weight is 238 g/mol. The monoisotopic (exact) mass is 238 g/mol. The first-order valence-electron chi connectivity index (χ1n) is 6.17. The summed E-state index contributed by atoms with van der Waals surface area (Å²) in [6.07, 6.45) is 4.66. The average Bonchev–Trinajstić information content (AvgIpc) is 2.63. The minimum Gasteiger partial charge on any atom is -0.381 e. The molecule has 1 aromatic rings. The number of nitrogens with zero attached hydrogens (tertiary/aromatic N) is 3. The molecule has 0 saturated heterocycles. The number of ether oxygens (including phenoxy) is 1. The SMILES string of the molecule is COC1CC(NCc2cn(C(C)(C)C)nn2)C1. The molecular weight excluding hydrogens is 216 g/mol. The van der Waals surface area contributed by atoms with Crippen LogP contribution in [0.5, 0.6) is 0 Å². The molecule has 1 aliphatic carbocycles. The highest BCUT2D eigenvalue weighted by atomic mass is 16.5. The van der Waals surface area contributed by atoms with Gasteiger partial charge in [-0.2, -0.15) is 0 Å². The van der Waals surface area contributed by atoms with Gasteiger partial charge in [-0.05, 0) is 33.6 Å². The summed E-state index contributed by atoms with van der Waals surface area (Å²) >= 11 is 0. The summed E-state index contributed by atoms with van der Waals surface area (Å²) in [6.45, 7) is 7.15. The Hall–Kier alpha value is -0.940. The van der Waals surface area contributed by atoms with E-state index in [1.54, 1.807) is 7.11 Å². The van der Waals surface area contributed by atoms with E-state index in [-0.39, 0.29) is 5.54 Å². The van der Waals surface area contributed by atoms with Crippen LogP contribution in [-0.4, -0.2) is 34.2 Å². The Morgan fingerprint density at radius 2 is 2.18 bits per heavy atom. The Kier molecular flexibility index (Phi) is 3.49. The van der Waals surface area contributed by atoms with Crippen LogP contribution >= 0.6 is 0 Å². The van der Waals surface area contributed by atoms with Crippen molar-refractivity contribution in [3.8, 4) is 0 Å². The van der Waals surface area contributed by atoms with Gasteiger partial charge >= 0.3 is 0 Å². The summed E-state index contributed by atoms with van der Waals surface area (Å²) in [5.74, 6) is 0. The van der Waals surface area contributed by atoms with E-state index in [1.807, 2.05) is 10.9 Å². The fourth-order valence-electron chi connectivity index (χ4n) is 1.88. The molecule has 0 spiro atoms. The third-order valence-electron chi connectivity index (χ3n) is 3.23. The van der Waals surface area contributed by atoms with Gasteiger partial charge in [-0.1, -0.05) is 5.21 Å². The van der Waals surface area contributed by atoms with Gasteiger partial charge in [0.15, 0.2) is 0 Å². The smallest absolute Gasteiger partial charge is 0.0965 e. The van der Waals surface area contributed by atoms with Crippen molar-refractivity contribution >= 4 is 0 Å². The van der Waals surface area contributed by atoms with Crippen LogP contribution in [0.1, 0.15) is 39.3 Å². The van der Waals surface area contributed by atoms with Crippen LogP contribution in [0.4, 0.5) is 0 Å². The largest absolute Gasteiger partial charge is 0.381 e. The van der Waals surface area contributed by atoms with Gasteiger partial charge in [0.1, 0.15) is 0 Å². The summed E-state index contributed by atoms with van der Waals surface area (Å²) < 4.78 is 7.15. The lowest BCUT2D eigenvalue weighted by atomic mass is 9.89. The number of methoxy groups -OCH3 is 1. The molecule has 0 aromatic carbocycles. The number of hydrogen-bond acceptors (Lipinski definition) is 4. The van der Waals surface area contributed by atoms with Crippen LogP contribution < -0.4 is 5.32 Å². The molecule has 0 atom stereocenters. The predicted octanol–water partition coefficient (Wildman–Crippen LogP) is 1.30. The Bertz CT molecular complexity index is 363. The molecule has 2 rings (SSSR count). The topological polar surface area (TPSA) is 52.0 Å². The molecule has 96 valence electrons. The Morgan fingerprint density at radius 1 is 1.47 bits per heavy atom. The van der Waals surface area contributed by atoms with E-state index in [1.165, 1.54) is 0 Å². The van der Waals surface area contributed by atoms with Crippen LogP contribution in [0.3, 0.4) is 0 Å². The molecule has 1 aromatic heterocycles. The highest BCUT2D eigenvalue weighted by molar-refractivity contribution is 4.96. The lowest BCUT2D eigenvalue weighted by Gasteiger charge is -2.34. The molecule has 1 saturated carbocycles. The maximum atomic E-state index is 5.25. The molecule has 1 aliphatic rings. The third-order valence-corrected chi connectivity index (χ3v) is 3.23. The lowest BCUT2D eigenvalue weighted by molar-refractivity contribution is 0.0169. The standard InChI is InChI=1S/C12H22N4O/c1-12(2,3)16-8-10(14-15-16)7-13-9-5-11(6-9)17-4/h8-9,11,13H,5-7H2,1-4H3. The number of aromatic nitrogens is 3.